The topological polar surface area (TPSA) is 52.6 Å². The second kappa shape index (κ2) is 5.03. The molecule has 1 heterocycles. The van der Waals surface area contributed by atoms with Crippen LogP contribution in [0.3, 0.4) is 0 Å². The van der Waals surface area contributed by atoms with Gasteiger partial charge in [-0.15, -0.1) is 0 Å². The van der Waals surface area contributed by atoms with Crippen molar-refractivity contribution in [2.24, 2.45) is 5.92 Å². The molecule has 0 spiro atoms. The molecule has 19 heavy (non-hydrogen) atoms. The molecule has 1 aromatic rings. The minimum absolute atomic E-state index is 0.108. The number of hydrogen-bond donors (Lipinski definition) is 0. The molecule has 2 aliphatic rings. The highest BCUT2D eigenvalue weighted by Crippen LogP contribution is 2.33. The number of ketones is 2. The first-order chi connectivity index (χ1) is 9.24. The third kappa shape index (κ3) is 2.48. The van der Waals surface area contributed by atoms with Gasteiger partial charge in [-0.2, -0.15) is 0 Å². The van der Waals surface area contributed by atoms with Crippen molar-refractivity contribution in [3.63, 3.8) is 0 Å². The maximum atomic E-state index is 11.7. The number of carbonyl (C=O) groups excluding carboxylic acids is 2. The Bertz CT molecular complexity index is 505. The zero-order chi connectivity index (χ0) is 13.2. The SMILES string of the molecule is O=C1CCCC(=O)C1CCc1ccc2c(c1)OCO2. The van der Waals surface area contributed by atoms with Gasteiger partial charge in [-0.3, -0.25) is 9.59 Å². The molecule has 4 nitrogen and oxygen atoms in total. The smallest absolute Gasteiger partial charge is 0.231 e. The molecule has 0 atom stereocenters. The number of rotatable bonds is 3. The molecule has 1 aliphatic carbocycles. The fraction of sp³-hybridized carbons (Fsp3) is 0.467. The van der Waals surface area contributed by atoms with Crippen LogP contribution in [0.25, 0.3) is 0 Å². The van der Waals surface area contributed by atoms with Crippen molar-refractivity contribution in [1.82, 2.24) is 0 Å². The number of aryl methyl sites for hydroxylation is 1. The van der Waals surface area contributed by atoms with E-state index < -0.39 is 0 Å². The first kappa shape index (κ1) is 12.2. The Morgan fingerprint density at radius 3 is 2.58 bits per heavy atom. The molecule has 0 unspecified atom stereocenters. The molecule has 100 valence electrons. The van der Waals surface area contributed by atoms with Gasteiger partial charge in [-0.25, -0.2) is 0 Å². The van der Waals surface area contributed by atoms with Crippen LogP contribution in [0, 0.1) is 5.92 Å². The molecular weight excluding hydrogens is 244 g/mol. The molecule has 0 amide bonds. The lowest BCUT2D eigenvalue weighted by atomic mass is 9.83. The largest absolute Gasteiger partial charge is 0.454 e. The predicted octanol–water partition coefficient (Wildman–Crippen LogP) is 2.29. The maximum absolute atomic E-state index is 11.7. The minimum Gasteiger partial charge on any atom is -0.454 e. The number of ether oxygens (including phenoxy) is 2. The van der Waals surface area contributed by atoms with Crippen molar-refractivity contribution in [3.8, 4) is 11.5 Å². The van der Waals surface area contributed by atoms with E-state index in [4.69, 9.17) is 9.47 Å². The molecule has 0 saturated heterocycles. The molecule has 1 fully saturated rings. The summed E-state index contributed by atoms with van der Waals surface area (Å²) in [4.78, 5) is 23.5. The van der Waals surface area contributed by atoms with Crippen molar-refractivity contribution in [1.29, 1.82) is 0 Å². The summed E-state index contributed by atoms with van der Waals surface area (Å²) < 4.78 is 10.6. The summed E-state index contributed by atoms with van der Waals surface area (Å²) in [6.45, 7) is 0.262. The van der Waals surface area contributed by atoms with Crippen molar-refractivity contribution in [2.45, 2.75) is 32.1 Å². The number of Topliss-reactive ketones (excluding diaryl/α,β-unsaturated/α-hetero) is 2. The Balaban J connectivity index is 1.65. The lowest BCUT2D eigenvalue weighted by Gasteiger charge is -2.19. The number of carbonyl (C=O) groups is 2. The van der Waals surface area contributed by atoms with E-state index in [1.165, 1.54) is 0 Å². The number of hydrogen-bond acceptors (Lipinski definition) is 4. The summed E-state index contributed by atoms with van der Waals surface area (Å²) in [5.41, 5.74) is 1.08. The summed E-state index contributed by atoms with van der Waals surface area (Å²) in [5.74, 6) is 1.33. The van der Waals surface area contributed by atoms with E-state index in [9.17, 15) is 9.59 Å². The molecule has 4 heteroatoms. The first-order valence-corrected chi connectivity index (χ1v) is 6.68. The normalized spacial score (nSPS) is 18.9. The maximum Gasteiger partial charge on any atom is 0.231 e. The van der Waals surface area contributed by atoms with Gasteiger partial charge in [0.05, 0.1) is 5.92 Å². The van der Waals surface area contributed by atoms with Crippen LogP contribution >= 0.6 is 0 Å². The second-order valence-electron chi connectivity index (χ2n) is 5.07. The molecule has 1 aromatic carbocycles. The summed E-state index contributed by atoms with van der Waals surface area (Å²) in [5, 5.41) is 0. The van der Waals surface area contributed by atoms with Crippen LogP contribution in [-0.4, -0.2) is 18.4 Å². The van der Waals surface area contributed by atoms with E-state index in [1.54, 1.807) is 0 Å². The number of fused-ring (bicyclic) bond motifs is 1. The Labute approximate surface area is 111 Å². The average Bonchev–Trinajstić information content (AvgIpc) is 2.85. The van der Waals surface area contributed by atoms with Crippen LogP contribution in [-0.2, 0) is 16.0 Å². The highest BCUT2D eigenvalue weighted by molar-refractivity contribution is 6.04. The molecule has 0 bridgehead atoms. The molecule has 1 saturated carbocycles. The van der Waals surface area contributed by atoms with Crippen LogP contribution < -0.4 is 9.47 Å². The van der Waals surface area contributed by atoms with E-state index >= 15 is 0 Å². The Kier molecular flexibility index (Phi) is 3.23. The van der Waals surface area contributed by atoms with Crippen molar-refractivity contribution in [3.05, 3.63) is 23.8 Å². The molecule has 0 aromatic heterocycles. The Morgan fingerprint density at radius 1 is 1.05 bits per heavy atom. The summed E-state index contributed by atoms with van der Waals surface area (Å²) in [6.07, 6.45) is 3.16. The summed E-state index contributed by atoms with van der Waals surface area (Å²) in [6, 6.07) is 5.77. The molecule has 0 radical (unpaired) electrons. The highest BCUT2D eigenvalue weighted by atomic mass is 16.7. The summed E-state index contributed by atoms with van der Waals surface area (Å²) >= 11 is 0. The quantitative estimate of drug-likeness (QED) is 0.782. The monoisotopic (exact) mass is 260 g/mol. The molecule has 3 rings (SSSR count). The Morgan fingerprint density at radius 2 is 1.79 bits per heavy atom. The van der Waals surface area contributed by atoms with Crippen LogP contribution in [0.1, 0.15) is 31.2 Å². The second-order valence-corrected chi connectivity index (χ2v) is 5.07. The summed E-state index contributed by atoms with van der Waals surface area (Å²) in [7, 11) is 0. The first-order valence-electron chi connectivity index (χ1n) is 6.68. The standard InChI is InChI=1S/C15H16O4/c16-12-2-1-3-13(17)11(12)6-4-10-5-7-14-15(8-10)19-9-18-14/h5,7-8,11H,1-4,6,9H2. The predicted molar refractivity (Wildman–Crippen MR) is 68.2 cm³/mol. The highest BCUT2D eigenvalue weighted by Gasteiger charge is 2.29. The number of benzene rings is 1. The van der Waals surface area contributed by atoms with Crippen LogP contribution in [0.5, 0.6) is 11.5 Å². The third-order valence-corrected chi connectivity index (χ3v) is 3.78. The van der Waals surface area contributed by atoms with E-state index in [-0.39, 0.29) is 24.3 Å². The molecular formula is C15H16O4. The zero-order valence-corrected chi connectivity index (χ0v) is 10.7. The van der Waals surface area contributed by atoms with Gasteiger partial charge in [-0.1, -0.05) is 6.07 Å². The van der Waals surface area contributed by atoms with Gasteiger partial charge in [0.1, 0.15) is 11.6 Å². The lowest BCUT2D eigenvalue weighted by molar-refractivity contribution is -0.135. The van der Waals surface area contributed by atoms with Gasteiger partial charge >= 0.3 is 0 Å². The zero-order valence-electron chi connectivity index (χ0n) is 10.7. The lowest BCUT2D eigenvalue weighted by Crippen LogP contribution is -2.28. The third-order valence-electron chi connectivity index (χ3n) is 3.78. The van der Waals surface area contributed by atoms with Gasteiger partial charge in [0.2, 0.25) is 6.79 Å². The van der Waals surface area contributed by atoms with Crippen LogP contribution in [0.15, 0.2) is 18.2 Å². The average molecular weight is 260 g/mol. The van der Waals surface area contributed by atoms with Gasteiger partial charge in [0, 0.05) is 12.8 Å². The van der Waals surface area contributed by atoms with E-state index in [0.29, 0.717) is 19.3 Å². The van der Waals surface area contributed by atoms with E-state index in [0.717, 1.165) is 29.9 Å². The fourth-order valence-electron chi connectivity index (χ4n) is 2.69. The molecule has 1 aliphatic heterocycles. The van der Waals surface area contributed by atoms with Crippen molar-refractivity contribution >= 4 is 11.6 Å². The van der Waals surface area contributed by atoms with Crippen molar-refractivity contribution in [2.75, 3.05) is 6.79 Å². The van der Waals surface area contributed by atoms with E-state index in [1.807, 2.05) is 18.2 Å². The van der Waals surface area contributed by atoms with Gasteiger partial charge in [-0.05, 0) is 37.0 Å². The van der Waals surface area contributed by atoms with Gasteiger partial charge in [0.15, 0.2) is 11.5 Å². The van der Waals surface area contributed by atoms with E-state index in [2.05, 4.69) is 0 Å². The van der Waals surface area contributed by atoms with Crippen LogP contribution in [0.2, 0.25) is 0 Å². The molecule has 0 N–H and O–H groups in total. The minimum atomic E-state index is -0.390. The van der Waals surface area contributed by atoms with Gasteiger partial charge in [0.25, 0.3) is 0 Å². The fourth-order valence-corrected chi connectivity index (χ4v) is 2.69. The van der Waals surface area contributed by atoms with Crippen LogP contribution in [0.4, 0.5) is 0 Å². The van der Waals surface area contributed by atoms with Gasteiger partial charge < -0.3 is 9.47 Å². The van der Waals surface area contributed by atoms with Crippen molar-refractivity contribution < 1.29 is 19.1 Å². The Hall–Kier alpha value is -1.84.